The Kier molecular flexibility index (Phi) is 5.35. The minimum Gasteiger partial charge on any atom is -0.294 e. The molecule has 0 atom stereocenters. The molecule has 0 heterocycles. The first kappa shape index (κ1) is 11.2. The summed E-state index contributed by atoms with van der Waals surface area (Å²) in [6.45, 7) is 9.72. The number of Topliss-reactive ketones (excluding diaryl/α,β-unsaturated/α-hetero) is 1. The van der Waals surface area contributed by atoms with Gasteiger partial charge in [-0.25, -0.2) is 0 Å². The molecule has 0 saturated heterocycles. The number of rotatable bonds is 5. The highest BCUT2D eigenvalue weighted by atomic mass is 16.1. The Morgan fingerprint density at radius 1 is 1.42 bits per heavy atom. The fourth-order valence-corrected chi connectivity index (χ4v) is 1.09. The van der Waals surface area contributed by atoms with Gasteiger partial charge in [-0.2, -0.15) is 0 Å². The van der Waals surface area contributed by atoms with E-state index < -0.39 is 0 Å². The predicted octanol–water partition coefficient (Wildman–Crippen LogP) is 3.27. The molecule has 0 aromatic rings. The van der Waals surface area contributed by atoms with E-state index in [1.807, 2.05) is 26.8 Å². The Labute approximate surface area is 75.2 Å². The zero-order valence-corrected chi connectivity index (χ0v) is 8.31. The molecule has 68 valence electrons. The first-order chi connectivity index (χ1) is 5.63. The third kappa shape index (κ3) is 3.51. The molecule has 1 nitrogen and oxygen atoms in total. The molecule has 0 bridgehead atoms. The smallest absolute Gasteiger partial charge is 0.162 e. The summed E-state index contributed by atoms with van der Waals surface area (Å²) in [6.07, 6.45) is 4.41. The number of carbonyl (C=O) groups excluding carboxylic acids is 1. The van der Waals surface area contributed by atoms with Crippen LogP contribution in [0.3, 0.4) is 0 Å². The van der Waals surface area contributed by atoms with Crippen molar-refractivity contribution in [1.82, 2.24) is 0 Å². The van der Waals surface area contributed by atoms with Crippen molar-refractivity contribution in [3.63, 3.8) is 0 Å². The molecule has 12 heavy (non-hydrogen) atoms. The molecule has 0 aromatic heterocycles. The second-order valence-electron chi connectivity index (χ2n) is 2.98. The van der Waals surface area contributed by atoms with E-state index in [4.69, 9.17) is 0 Å². The van der Waals surface area contributed by atoms with Gasteiger partial charge in [0, 0.05) is 12.0 Å². The number of ketones is 1. The van der Waals surface area contributed by atoms with Gasteiger partial charge < -0.3 is 0 Å². The van der Waals surface area contributed by atoms with E-state index in [2.05, 4.69) is 6.58 Å². The van der Waals surface area contributed by atoms with E-state index in [-0.39, 0.29) is 5.78 Å². The van der Waals surface area contributed by atoms with Crippen LogP contribution in [0.1, 0.15) is 40.0 Å². The Morgan fingerprint density at radius 3 is 2.33 bits per heavy atom. The highest BCUT2D eigenvalue weighted by Gasteiger charge is 2.07. The van der Waals surface area contributed by atoms with Crippen molar-refractivity contribution in [2.75, 3.05) is 0 Å². The lowest BCUT2D eigenvalue weighted by atomic mass is 10.0. The van der Waals surface area contributed by atoms with Crippen molar-refractivity contribution in [2.24, 2.45) is 0 Å². The highest BCUT2D eigenvalue weighted by molar-refractivity contribution is 5.99. The van der Waals surface area contributed by atoms with Gasteiger partial charge in [0.25, 0.3) is 0 Å². The lowest BCUT2D eigenvalue weighted by molar-refractivity contribution is -0.115. The summed E-state index contributed by atoms with van der Waals surface area (Å²) in [6, 6.07) is 0. The van der Waals surface area contributed by atoms with Gasteiger partial charge in [-0.3, -0.25) is 4.79 Å². The standard InChI is InChI=1S/C11H18O/c1-5-7-10(9(3)4)11(12)8-6-2/h7H,3,5-6,8H2,1-2,4H3/b10-7+. The topological polar surface area (TPSA) is 17.1 Å². The van der Waals surface area contributed by atoms with Crippen LogP contribution in [0.15, 0.2) is 23.8 Å². The average Bonchev–Trinajstić information content (AvgIpc) is 1.99. The minimum atomic E-state index is 0.229. The highest BCUT2D eigenvalue weighted by Crippen LogP contribution is 2.12. The molecule has 0 saturated carbocycles. The maximum absolute atomic E-state index is 11.4. The molecule has 1 heteroatoms. The normalized spacial score (nSPS) is 11.4. The van der Waals surface area contributed by atoms with E-state index in [1.54, 1.807) is 0 Å². The van der Waals surface area contributed by atoms with E-state index in [0.717, 1.165) is 24.0 Å². The molecule has 0 rings (SSSR count). The first-order valence-electron chi connectivity index (χ1n) is 4.52. The van der Waals surface area contributed by atoms with Gasteiger partial charge in [0.15, 0.2) is 5.78 Å². The summed E-state index contributed by atoms with van der Waals surface area (Å²) in [5.74, 6) is 0.229. The third-order valence-electron chi connectivity index (χ3n) is 1.65. The molecule has 0 unspecified atom stereocenters. The lowest BCUT2D eigenvalue weighted by Crippen LogP contribution is -2.02. The number of hydrogen-bond acceptors (Lipinski definition) is 1. The average molecular weight is 166 g/mol. The molecule has 0 aromatic carbocycles. The Hall–Kier alpha value is -0.850. The lowest BCUT2D eigenvalue weighted by Gasteiger charge is -2.03. The van der Waals surface area contributed by atoms with Crippen LogP contribution in [0, 0.1) is 0 Å². The molecular formula is C11H18O. The maximum atomic E-state index is 11.4. The van der Waals surface area contributed by atoms with Crippen LogP contribution in [0.2, 0.25) is 0 Å². The van der Waals surface area contributed by atoms with E-state index in [0.29, 0.717) is 6.42 Å². The van der Waals surface area contributed by atoms with E-state index in [1.165, 1.54) is 0 Å². The molecule has 0 radical (unpaired) electrons. The number of allylic oxidation sites excluding steroid dienone is 3. The summed E-state index contributed by atoms with van der Waals surface area (Å²) in [5, 5.41) is 0. The molecule has 0 aliphatic heterocycles. The largest absolute Gasteiger partial charge is 0.294 e. The van der Waals surface area contributed by atoms with Crippen molar-refractivity contribution < 1.29 is 4.79 Å². The van der Waals surface area contributed by atoms with Gasteiger partial charge in [0.05, 0.1) is 0 Å². The summed E-state index contributed by atoms with van der Waals surface area (Å²) in [7, 11) is 0. The van der Waals surface area contributed by atoms with Crippen LogP contribution in [0.25, 0.3) is 0 Å². The van der Waals surface area contributed by atoms with Gasteiger partial charge in [0.1, 0.15) is 0 Å². The van der Waals surface area contributed by atoms with Gasteiger partial charge in [0.2, 0.25) is 0 Å². The van der Waals surface area contributed by atoms with Crippen LogP contribution in [-0.2, 0) is 4.79 Å². The van der Waals surface area contributed by atoms with Crippen molar-refractivity contribution in [1.29, 1.82) is 0 Å². The Bertz CT molecular complexity index is 199. The van der Waals surface area contributed by atoms with Crippen LogP contribution >= 0.6 is 0 Å². The molecule has 0 spiro atoms. The van der Waals surface area contributed by atoms with Crippen LogP contribution in [0.5, 0.6) is 0 Å². The van der Waals surface area contributed by atoms with Crippen molar-refractivity contribution in [3.8, 4) is 0 Å². The predicted molar refractivity (Wildman–Crippen MR) is 53.1 cm³/mol. The minimum absolute atomic E-state index is 0.229. The summed E-state index contributed by atoms with van der Waals surface area (Å²) in [4.78, 5) is 11.4. The first-order valence-corrected chi connectivity index (χ1v) is 4.52. The van der Waals surface area contributed by atoms with Gasteiger partial charge >= 0.3 is 0 Å². The fourth-order valence-electron chi connectivity index (χ4n) is 1.09. The van der Waals surface area contributed by atoms with Crippen molar-refractivity contribution in [2.45, 2.75) is 40.0 Å². The summed E-state index contributed by atoms with van der Waals surface area (Å²) >= 11 is 0. The van der Waals surface area contributed by atoms with Gasteiger partial charge in [-0.1, -0.05) is 26.5 Å². The van der Waals surface area contributed by atoms with E-state index in [9.17, 15) is 4.79 Å². The van der Waals surface area contributed by atoms with Crippen molar-refractivity contribution in [3.05, 3.63) is 23.8 Å². The molecular weight excluding hydrogens is 148 g/mol. The summed E-state index contributed by atoms with van der Waals surface area (Å²) in [5.41, 5.74) is 1.70. The Morgan fingerprint density at radius 2 is 2.00 bits per heavy atom. The maximum Gasteiger partial charge on any atom is 0.162 e. The summed E-state index contributed by atoms with van der Waals surface area (Å²) < 4.78 is 0. The molecule has 0 fully saturated rings. The number of hydrogen-bond donors (Lipinski definition) is 0. The van der Waals surface area contributed by atoms with Gasteiger partial charge in [-0.15, -0.1) is 0 Å². The molecule has 0 aliphatic carbocycles. The second-order valence-corrected chi connectivity index (χ2v) is 2.98. The quantitative estimate of drug-likeness (QED) is 0.452. The van der Waals surface area contributed by atoms with Crippen LogP contribution < -0.4 is 0 Å². The zero-order valence-electron chi connectivity index (χ0n) is 8.31. The fraction of sp³-hybridized carbons (Fsp3) is 0.545. The molecule has 0 amide bonds. The van der Waals surface area contributed by atoms with E-state index >= 15 is 0 Å². The van der Waals surface area contributed by atoms with Gasteiger partial charge in [-0.05, 0) is 25.3 Å². The zero-order chi connectivity index (χ0) is 9.56. The Balaban J connectivity index is 4.41. The SMILES string of the molecule is C=C(C)/C(=C\CC)C(=O)CCC. The molecule has 0 N–H and O–H groups in total. The third-order valence-corrected chi connectivity index (χ3v) is 1.65. The molecule has 0 aliphatic rings. The number of carbonyl (C=O) groups is 1. The second kappa shape index (κ2) is 5.76. The van der Waals surface area contributed by atoms with Crippen LogP contribution in [-0.4, -0.2) is 5.78 Å². The monoisotopic (exact) mass is 166 g/mol. The van der Waals surface area contributed by atoms with Crippen LogP contribution in [0.4, 0.5) is 0 Å². The van der Waals surface area contributed by atoms with Crippen molar-refractivity contribution >= 4 is 5.78 Å².